The number of unbranched alkanes of at least 4 members (excludes halogenated alkanes) is 10. The van der Waals surface area contributed by atoms with Gasteiger partial charge in [0.1, 0.15) is 0 Å². The first kappa shape index (κ1) is 29.1. The Bertz CT molecular complexity index is 383. The lowest BCUT2D eigenvalue weighted by Crippen LogP contribution is -2.12. The molecule has 0 fully saturated rings. The van der Waals surface area contributed by atoms with Crippen LogP contribution in [0.4, 0.5) is 0 Å². The SMILES string of the molecule is CCCCCCCCCCCC(OC=C(CC)CCCC)OC=C(CC)CCCC. The summed E-state index contributed by atoms with van der Waals surface area (Å²) in [6.45, 7) is 11.2. The van der Waals surface area contributed by atoms with Gasteiger partial charge in [-0.1, -0.05) is 98.8 Å². The normalized spacial score (nSPS) is 13.5. The Kier molecular flexibility index (Phi) is 22.1. The third kappa shape index (κ3) is 17.9. The summed E-state index contributed by atoms with van der Waals surface area (Å²) in [4.78, 5) is 0. The standard InChI is InChI=1S/C28H54O2/c1-6-11-14-15-16-17-18-19-20-23-28(29-24-26(9-4)21-12-7-2)30-25-27(10-5)22-13-8-3/h24-25,28H,6-23H2,1-5H3. The van der Waals surface area contributed by atoms with Crippen LogP contribution in [0.15, 0.2) is 23.7 Å². The Morgan fingerprint density at radius 2 is 0.933 bits per heavy atom. The third-order valence-electron chi connectivity index (χ3n) is 5.93. The van der Waals surface area contributed by atoms with E-state index < -0.39 is 0 Å². The molecule has 0 aliphatic rings. The van der Waals surface area contributed by atoms with E-state index >= 15 is 0 Å². The maximum Gasteiger partial charge on any atom is 0.239 e. The molecule has 0 rings (SSSR count). The van der Waals surface area contributed by atoms with Gasteiger partial charge in [-0.15, -0.1) is 0 Å². The topological polar surface area (TPSA) is 18.5 Å². The van der Waals surface area contributed by atoms with E-state index in [2.05, 4.69) is 34.6 Å². The highest BCUT2D eigenvalue weighted by Gasteiger charge is 2.09. The first-order valence-electron chi connectivity index (χ1n) is 13.4. The summed E-state index contributed by atoms with van der Waals surface area (Å²) in [5.41, 5.74) is 2.81. The average molecular weight is 423 g/mol. The molecule has 0 saturated heterocycles. The Morgan fingerprint density at radius 3 is 1.33 bits per heavy atom. The first-order chi connectivity index (χ1) is 14.7. The molecule has 2 heteroatoms. The molecule has 0 aliphatic heterocycles. The van der Waals surface area contributed by atoms with E-state index in [1.807, 2.05) is 12.5 Å². The Morgan fingerprint density at radius 1 is 0.533 bits per heavy atom. The first-order valence-corrected chi connectivity index (χ1v) is 13.4. The van der Waals surface area contributed by atoms with Crippen molar-refractivity contribution in [2.45, 2.75) is 156 Å². The van der Waals surface area contributed by atoms with E-state index in [4.69, 9.17) is 9.47 Å². The minimum Gasteiger partial charge on any atom is -0.463 e. The molecule has 0 spiro atoms. The van der Waals surface area contributed by atoms with E-state index in [9.17, 15) is 0 Å². The molecular formula is C28H54O2. The maximum absolute atomic E-state index is 6.13. The third-order valence-corrected chi connectivity index (χ3v) is 5.93. The fraction of sp³-hybridized carbons (Fsp3) is 0.857. The zero-order valence-electron chi connectivity index (χ0n) is 21.3. The van der Waals surface area contributed by atoms with Crippen molar-refractivity contribution in [3.05, 3.63) is 23.7 Å². The summed E-state index contributed by atoms with van der Waals surface area (Å²) >= 11 is 0. The highest BCUT2D eigenvalue weighted by Crippen LogP contribution is 2.18. The molecule has 0 aromatic carbocycles. The smallest absolute Gasteiger partial charge is 0.239 e. The largest absolute Gasteiger partial charge is 0.463 e. The van der Waals surface area contributed by atoms with Crippen molar-refractivity contribution in [2.75, 3.05) is 0 Å². The predicted octanol–water partition coefficient (Wildman–Crippen LogP) is 10.2. The van der Waals surface area contributed by atoms with Crippen LogP contribution < -0.4 is 0 Å². The van der Waals surface area contributed by atoms with Crippen LogP contribution in [0.1, 0.15) is 150 Å². The molecule has 0 aromatic rings. The fourth-order valence-electron chi connectivity index (χ4n) is 3.58. The van der Waals surface area contributed by atoms with Crippen LogP contribution in [0, 0.1) is 0 Å². The van der Waals surface area contributed by atoms with Crippen LogP contribution in [-0.2, 0) is 9.47 Å². The minimum absolute atomic E-state index is 0.138. The zero-order valence-corrected chi connectivity index (χ0v) is 21.3. The highest BCUT2D eigenvalue weighted by molar-refractivity contribution is 4.98. The molecule has 0 unspecified atom stereocenters. The van der Waals surface area contributed by atoms with Gasteiger partial charge < -0.3 is 9.47 Å². The molecule has 0 radical (unpaired) electrons. The number of hydrogen-bond donors (Lipinski definition) is 0. The maximum atomic E-state index is 6.13. The minimum atomic E-state index is -0.138. The van der Waals surface area contributed by atoms with Crippen LogP contribution >= 0.6 is 0 Å². The van der Waals surface area contributed by atoms with Gasteiger partial charge >= 0.3 is 0 Å². The van der Waals surface area contributed by atoms with Gasteiger partial charge in [0, 0.05) is 6.42 Å². The summed E-state index contributed by atoms with van der Waals surface area (Å²) in [5, 5.41) is 0. The summed E-state index contributed by atoms with van der Waals surface area (Å²) < 4.78 is 12.3. The van der Waals surface area contributed by atoms with Crippen LogP contribution in [0.25, 0.3) is 0 Å². The molecule has 0 atom stereocenters. The summed E-state index contributed by atoms with van der Waals surface area (Å²) in [5.74, 6) is 0. The predicted molar refractivity (Wildman–Crippen MR) is 134 cm³/mol. The molecule has 30 heavy (non-hydrogen) atoms. The van der Waals surface area contributed by atoms with Gasteiger partial charge in [-0.2, -0.15) is 0 Å². The van der Waals surface area contributed by atoms with Crippen molar-refractivity contribution in [3.63, 3.8) is 0 Å². The second kappa shape index (κ2) is 22.8. The van der Waals surface area contributed by atoms with Gasteiger partial charge in [0.05, 0.1) is 12.5 Å². The fourth-order valence-corrected chi connectivity index (χ4v) is 3.58. The second-order valence-electron chi connectivity index (χ2n) is 8.79. The molecule has 0 aliphatic carbocycles. The summed E-state index contributed by atoms with van der Waals surface area (Å²) in [6.07, 6.45) is 26.4. The molecule has 0 N–H and O–H groups in total. The number of ether oxygens (including phenoxy) is 2. The molecule has 0 aromatic heterocycles. The summed E-state index contributed by atoms with van der Waals surface area (Å²) in [6, 6.07) is 0. The van der Waals surface area contributed by atoms with Gasteiger partial charge in [-0.3, -0.25) is 0 Å². The van der Waals surface area contributed by atoms with Crippen LogP contribution in [0.5, 0.6) is 0 Å². The van der Waals surface area contributed by atoms with Crippen molar-refractivity contribution in [1.82, 2.24) is 0 Å². The van der Waals surface area contributed by atoms with Crippen molar-refractivity contribution in [2.24, 2.45) is 0 Å². The van der Waals surface area contributed by atoms with Crippen molar-refractivity contribution in [3.8, 4) is 0 Å². The Labute approximate surface area is 189 Å². The second-order valence-corrected chi connectivity index (χ2v) is 8.79. The van der Waals surface area contributed by atoms with E-state index in [0.717, 1.165) is 32.1 Å². The summed E-state index contributed by atoms with van der Waals surface area (Å²) in [7, 11) is 0. The van der Waals surface area contributed by atoms with Crippen molar-refractivity contribution < 1.29 is 9.47 Å². The lowest BCUT2D eigenvalue weighted by atomic mass is 10.1. The van der Waals surface area contributed by atoms with Gasteiger partial charge in [0.15, 0.2) is 0 Å². The van der Waals surface area contributed by atoms with Gasteiger partial charge in [-0.25, -0.2) is 0 Å². The molecule has 0 saturated carbocycles. The van der Waals surface area contributed by atoms with E-state index in [0.29, 0.717) is 0 Å². The van der Waals surface area contributed by atoms with Crippen LogP contribution in [-0.4, -0.2) is 6.29 Å². The molecule has 0 heterocycles. The van der Waals surface area contributed by atoms with E-state index in [-0.39, 0.29) is 6.29 Å². The zero-order chi connectivity index (χ0) is 22.3. The molecule has 0 amide bonds. The number of hydrogen-bond acceptors (Lipinski definition) is 2. The van der Waals surface area contributed by atoms with Gasteiger partial charge in [0.25, 0.3) is 0 Å². The average Bonchev–Trinajstić information content (AvgIpc) is 2.77. The van der Waals surface area contributed by atoms with E-state index in [1.54, 1.807) is 0 Å². The molecule has 178 valence electrons. The number of rotatable bonds is 22. The van der Waals surface area contributed by atoms with Gasteiger partial charge in [0.2, 0.25) is 6.29 Å². The highest BCUT2D eigenvalue weighted by atomic mass is 16.7. The Hall–Kier alpha value is -0.920. The lowest BCUT2D eigenvalue weighted by Gasteiger charge is -2.18. The molecule has 0 bridgehead atoms. The number of allylic oxidation sites excluding steroid dienone is 2. The van der Waals surface area contributed by atoms with Crippen molar-refractivity contribution in [1.29, 1.82) is 0 Å². The molecular weight excluding hydrogens is 368 g/mol. The quantitative estimate of drug-likeness (QED) is 0.0981. The van der Waals surface area contributed by atoms with Crippen LogP contribution in [0.2, 0.25) is 0 Å². The van der Waals surface area contributed by atoms with E-state index in [1.165, 1.54) is 94.6 Å². The van der Waals surface area contributed by atoms with Gasteiger partial charge in [-0.05, 0) is 56.1 Å². The monoisotopic (exact) mass is 422 g/mol. The van der Waals surface area contributed by atoms with Crippen molar-refractivity contribution >= 4 is 0 Å². The Balaban J connectivity index is 4.48. The lowest BCUT2D eigenvalue weighted by molar-refractivity contribution is -0.0691. The molecule has 2 nitrogen and oxygen atoms in total. The van der Waals surface area contributed by atoms with Crippen LogP contribution in [0.3, 0.4) is 0 Å².